The van der Waals surface area contributed by atoms with Crippen molar-refractivity contribution >= 4 is 29.0 Å². The number of hydrazone groups is 1. The van der Waals surface area contributed by atoms with Gasteiger partial charge in [-0.05, 0) is 49.1 Å². The van der Waals surface area contributed by atoms with Gasteiger partial charge in [-0.2, -0.15) is 5.10 Å². The summed E-state index contributed by atoms with van der Waals surface area (Å²) in [5, 5.41) is 10.1. The van der Waals surface area contributed by atoms with Crippen molar-refractivity contribution in [1.29, 1.82) is 0 Å². The van der Waals surface area contributed by atoms with E-state index in [-0.39, 0.29) is 18.0 Å². The zero-order valence-electron chi connectivity index (χ0n) is 16.7. The number of rotatable bonds is 2. The third-order valence-corrected chi connectivity index (χ3v) is 6.31. The van der Waals surface area contributed by atoms with Crippen LogP contribution in [-0.4, -0.2) is 16.8 Å². The van der Waals surface area contributed by atoms with E-state index >= 15 is 0 Å². The van der Waals surface area contributed by atoms with Crippen molar-refractivity contribution in [2.45, 2.75) is 25.8 Å². The Balaban J connectivity index is 1.55. The van der Waals surface area contributed by atoms with Gasteiger partial charge >= 0.3 is 6.03 Å². The second-order valence-corrected chi connectivity index (χ2v) is 8.30. The number of hydrogen-bond donors (Lipinski definition) is 1. The van der Waals surface area contributed by atoms with Crippen molar-refractivity contribution in [3.63, 3.8) is 0 Å². The molecule has 5 heteroatoms. The van der Waals surface area contributed by atoms with Gasteiger partial charge in [0.2, 0.25) is 0 Å². The first kappa shape index (κ1) is 18.9. The number of benzene rings is 3. The number of fused-ring (bicyclic) bond motifs is 3. The van der Waals surface area contributed by atoms with Gasteiger partial charge in [0.25, 0.3) is 0 Å². The summed E-state index contributed by atoms with van der Waals surface area (Å²) in [6.07, 6.45) is 1.90. The van der Waals surface area contributed by atoms with Gasteiger partial charge in [-0.1, -0.05) is 71.8 Å². The maximum Gasteiger partial charge on any atom is 0.342 e. The second kappa shape index (κ2) is 7.62. The highest BCUT2D eigenvalue weighted by Gasteiger charge is 2.44. The van der Waals surface area contributed by atoms with Crippen molar-refractivity contribution in [1.82, 2.24) is 5.01 Å². The van der Waals surface area contributed by atoms with E-state index in [4.69, 9.17) is 16.7 Å². The van der Waals surface area contributed by atoms with Crippen LogP contribution in [0.3, 0.4) is 0 Å². The summed E-state index contributed by atoms with van der Waals surface area (Å²) in [6, 6.07) is 23.4. The Hall–Kier alpha value is -3.11. The highest BCUT2D eigenvalue weighted by atomic mass is 35.5. The number of halogens is 1. The predicted octanol–water partition coefficient (Wildman–Crippen LogP) is 6.20. The van der Waals surface area contributed by atoms with Crippen LogP contribution >= 0.6 is 11.6 Å². The van der Waals surface area contributed by atoms with E-state index in [1.807, 2.05) is 61.5 Å². The molecule has 2 atom stereocenters. The lowest BCUT2D eigenvalue weighted by Crippen LogP contribution is -2.35. The standard InChI is InChI=1S/C25H22ClN3O/c1-16-10-13-18(14-11-16)27-25(30)29-24(20-8-4-5-9-22(20)26)21-15-12-17-6-2-3-7-19(17)23(21)28-29/h2-11,13-14,21,24H,12,15H2,1H3,(H,27,30). The average molecular weight is 416 g/mol. The first-order valence-corrected chi connectivity index (χ1v) is 10.6. The molecule has 4 nitrogen and oxygen atoms in total. The zero-order valence-corrected chi connectivity index (χ0v) is 17.4. The maximum atomic E-state index is 13.3. The Bertz CT molecular complexity index is 1140. The van der Waals surface area contributed by atoms with Crippen LogP contribution < -0.4 is 5.32 Å². The SMILES string of the molecule is Cc1ccc(NC(=O)N2N=C3c4ccccc4CCC3C2c2ccccc2Cl)cc1. The molecule has 0 bridgehead atoms. The molecule has 30 heavy (non-hydrogen) atoms. The van der Waals surface area contributed by atoms with E-state index in [0.717, 1.165) is 40.9 Å². The molecular formula is C25H22ClN3O. The number of amides is 2. The highest BCUT2D eigenvalue weighted by molar-refractivity contribution is 6.31. The molecule has 0 aromatic heterocycles. The fourth-order valence-electron chi connectivity index (χ4n) is 4.47. The third-order valence-electron chi connectivity index (χ3n) is 5.96. The highest BCUT2D eigenvalue weighted by Crippen LogP contribution is 2.45. The molecular weight excluding hydrogens is 394 g/mol. The summed E-state index contributed by atoms with van der Waals surface area (Å²) in [6.45, 7) is 2.02. The van der Waals surface area contributed by atoms with Crippen LogP contribution in [0.4, 0.5) is 10.5 Å². The van der Waals surface area contributed by atoms with Crippen LogP contribution in [0.1, 0.15) is 34.7 Å². The van der Waals surface area contributed by atoms with Gasteiger partial charge in [0.05, 0.1) is 11.8 Å². The van der Waals surface area contributed by atoms with Crippen LogP contribution in [0.25, 0.3) is 0 Å². The van der Waals surface area contributed by atoms with Crippen LogP contribution in [-0.2, 0) is 6.42 Å². The minimum atomic E-state index is -0.247. The lowest BCUT2D eigenvalue weighted by atomic mass is 9.77. The van der Waals surface area contributed by atoms with Gasteiger partial charge in [-0.3, -0.25) is 0 Å². The fraction of sp³-hybridized carbons (Fsp3) is 0.200. The van der Waals surface area contributed by atoms with Crippen LogP contribution in [0.2, 0.25) is 5.02 Å². The number of nitrogens with one attached hydrogen (secondary N) is 1. The van der Waals surface area contributed by atoms with Gasteiger partial charge < -0.3 is 5.32 Å². The topological polar surface area (TPSA) is 44.7 Å². The smallest absolute Gasteiger partial charge is 0.306 e. The Morgan fingerprint density at radius 3 is 2.57 bits per heavy atom. The molecule has 0 fully saturated rings. The van der Waals surface area contributed by atoms with E-state index in [2.05, 4.69) is 23.5 Å². The first-order valence-electron chi connectivity index (χ1n) is 10.2. The Morgan fingerprint density at radius 1 is 1.03 bits per heavy atom. The molecule has 0 saturated carbocycles. The Morgan fingerprint density at radius 2 is 1.77 bits per heavy atom. The molecule has 2 amide bonds. The summed E-state index contributed by atoms with van der Waals surface area (Å²) >= 11 is 6.57. The molecule has 3 aromatic rings. The molecule has 1 N–H and O–H groups in total. The van der Waals surface area contributed by atoms with Gasteiger partial charge in [0, 0.05) is 22.2 Å². The first-order chi connectivity index (χ1) is 14.6. The van der Waals surface area contributed by atoms with Gasteiger partial charge in [-0.25, -0.2) is 9.80 Å². The molecule has 2 unspecified atom stereocenters. The molecule has 1 aliphatic carbocycles. The summed E-state index contributed by atoms with van der Waals surface area (Å²) < 4.78 is 0. The molecule has 1 heterocycles. The summed E-state index contributed by atoms with van der Waals surface area (Å²) in [5.41, 5.74) is 6.22. The monoisotopic (exact) mass is 415 g/mol. The van der Waals surface area contributed by atoms with E-state index in [9.17, 15) is 4.79 Å². The minimum absolute atomic E-state index is 0.114. The predicted molar refractivity (Wildman–Crippen MR) is 121 cm³/mol. The van der Waals surface area contributed by atoms with Crippen molar-refractivity contribution < 1.29 is 4.79 Å². The number of aryl methyl sites for hydroxylation is 2. The maximum absolute atomic E-state index is 13.3. The van der Waals surface area contributed by atoms with Crippen molar-refractivity contribution in [2.75, 3.05) is 5.32 Å². The van der Waals surface area contributed by atoms with E-state index in [1.54, 1.807) is 5.01 Å². The molecule has 150 valence electrons. The van der Waals surface area contributed by atoms with Crippen LogP contribution in [0, 0.1) is 12.8 Å². The molecule has 1 aliphatic heterocycles. The number of carbonyl (C=O) groups excluding carboxylic acids is 1. The number of hydrogen-bond acceptors (Lipinski definition) is 2. The average Bonchev–Trinajstić information content (AvgIpc) is 3.16. The number of carbonyl (C=O) groups is 1. The normalized spacial score (nSPS) is 19.7. The van der Waals surface area contributed by atoms with Gasteiger partial charge in [0.1, 0.15) is 0 Å². The largest absolute Gasteiger partial charge is 0.342 e. The summed E-state index contributed by atoms with van der Waals surface area (Å²) in [4.78, 5) is 13.3. The molecule has 0 radical (unpaired) electrons. The number of anilines is 1. The Labute approximate surface area is 181 Å². The molecule has 0 saturated heterocycles. The quantitative estimate of drug-likeness (QED) is 0.531. The van der Waals surface area contributed by atoms with Crippen molar-refractivity contribution in [3.8, 4) is 0 Å². The number of nitrogens with zero attached hydrogens (tertiary/aromatic N) is 2. The molecule has 5 rings (SSSR count). The van der Waals surface area contributed by atoms with Gasteiger partial charge in [-0.15, -0.1) is 0 Å². The minimum Gasteiger partial charge on any atom is -0.306 e. The van der Waals surface area contributed by atoms with E-state index in [1.165, 1.54) is 5.56 Å². The van der Waals surface area contributed by atoms with E-state index in [0.29, 0.717) is 5.02 Å². The number of urea groups is 1. The third kappa shape index (κ3) is 3.27. The molecule has 0 spiro atoms. The lowest BCUT2D eigenvalue weighted by molar-refractivity contribution is 0.188. The van der Waals surface area contributed by atoms with Crippen LogP contribution in [0.15, 0.2) is 77.9 Å². The van der Waals surface area contributed by atoms with Crippen molar-refractivity contribution in [2.24, 2.45) is 11.0 Å². The Kier molecular flexibility index (Phi) is 4.80. The molecule has 3 aromatic carbocycles. The summed E-state index contributed by atoms with van der Waals surface area (Å²) in [5.74, 6) is 0.114. The second-order valence-electron chi connectivity index (χ2n) is 7.89. The fourth-order valence-corrected chi connectivity index (χ4v) is 4.72. The molecule has 2 aliphatic rings. The van der Waals surface area contributed by atoms with Crippen molar-refractivity contribution in [3.05, 3.63) is 100 Å². The van der Waals surface area contributed by atoms with Crippen LogP contribution in [0.5, 0.6) is 0 Å². The van der Waals surface area contributed by atoms with Gasteiger partial charge in [0.15, 0.2) is 0 Å². The van der Waals surface area contributed by atoms with E-state index < -0.39 is 0 Å². The summed E-state index contributed by atoms with van der Waals surface area (Å²) in [7, 11) is 0. The lowest BCUT2D eigenvalue weighted by Gasteiger charge is -2.30. The zero-order chi connectivity index (χ0) is 20.7.